The van der Waals surface area contributed by atoms with Gasteiger partial charge >= 0.3 is 0 Å². The molecular formula is C18H23ClN2O2. The van der Waals surface area contributed by atoms with Gasteiger partial charge < -0.3 is 0 Å². The highest BCUT2D eigenvalue weighted by atomic mass is 35.5. The molecule has 0 aromatic rings. The molecule has 2 bridgehead atoms. The Morgan fingerprint density at radius 2 is 1.48 bits per heavy atom. The first-order valence-electron chi connectivity index (χ1n) is 8.47. The summed E-state index contributed by atoms with van der Waals surface area (Å²) in [4.78, 5) is 28.7. The largest absolute Gasteiger partial charge is 0.292 e. The van der Waals surface area contributed by atoms with E-state index in [0.29, 0.717) is 0 Å². The minimum Gasteiger partial charge on any atom is -0.292 e. The van der Waals surface area contributed by atoms with E-state index in [1.165, 1.54) is 24.2 Å². The average Bonchev–Trinajstić information content (AvgIpc) is 3.21. The molecule has 4 nitrogen and oxygen atoms in total. The van der Waals surface area contributed by atoms with E-state index in [-0.39, 0.29) is 54.4 Å². The van der Waals surface area contributed by atoms with Crippen LogP contribution in [0.1, 0.15) is 25.7 Å². The van der Waals surface area contributed by atoms with Crippen molar-refractivity contribution in [1.29, 1.82) is 0 Å². The summed E-state index contributed by atoms with van der Waals surface area (Å²) in [6, 6.07) is 0. The summed E-state index contributed by atoms with van der Waals surface area (Å²) < 4.78 is 0. The number of carbonyl (C=O) groups is 2. The van der Waals surface area contributed by atoms with Crippen LogP contribution in [0.3, 0.4) is 0 Å². The zero-order valence-electron chi connectivity index (χ0n) is 13.2. The molecule has 0 radical (unpaired) electrons. The Morgan fingerprint density at radius 1 is 0.913 bits per heavy atom. The summed E-state index contributed by atoms with van der Waals surface area (Å²) in [6.07, 6.45) is 9.07. The number of nitrogens with zero attached hydrogens (tertiary/aromatic N) is 2. The molecule has 4 unspecified atom stereocenters. The number of allylic oxidation sites excluding steroid dienone is 2. The van der Waals surface area contributed by atoms with Crippen molar-refractivity contribution in [1.82, 2.24) is 9.80 Å². The van der Waals surface area contributed by atoms with Gasteiger partial charge in [-0.2, -0.15) is 0 Å². The van der Waals surface area contributed by atoms with Crippen molar-refractivity contribution in [2.45, 2.75) is 25.7 Å². The maximum absolute atomic E-state index is 12.5. The SMILES string of the molecule is Cl.O=C1C2C3C=CC(C3)C2C(=O)N1CC#CCN1CCCCC1. The second-order valence-corrected chi connectivity index (χ2v) is 6.95. The molecular weight excluding hydrogens is 312 g/mol. The minimum absolute atomic E-state index is 0. The number of hydrogen-bond donors (Lipinski definition) is 0. The molecule has 2 aliphatic carbocycles. The first-order valence-corrected chi connectivity index (χ1v) is 8.47. The Morgan fingerprint density at radius 3 is 2.09 bits per heavy atom. The van der Waals surface area contributed by atoms with Gasteiger partial charge in [-0.05, 0) is 44.2 Å². The Bertz CT molecular complexity index is 556. The first kappa shape index (κ1) is 16.5. The quantitative estimate of drug-likeness (QED) is 0.438. The third-order valence-corrected chi connectivity index (χ3v) is 5.68. The molecule has 2 heterocycles. The fourth-order valence-electron chi connectivity index (χ4n) is 4.54. The van der Waals surface area contributed by atoms with Gasteiger partial charge in [0.25, 0.3) is 0 Å². The summed E-state index contributed by atoms with van der Waals surface area (Å²) in [6.45, 7) is 3.28. The lowest BCUT2D eigenvalue weighted by molar-refractivity contribution is -0.139. The van der Waals surface area contributed by atoms with Gasteiger partial charge in [0.15, 0.2) is 0 Å². The van der Waals surface area contributed by atoms with E-state index >= 15 is 0 Å². The fourth-order valence-corrected chi connectivity index (χ4v) is 4.54. The summed E-state index contributed by atoms with van der Waals surface area (Å²) in [7, 11) is 0. The summed E-state index contributed by atoms with van der Waals surface area (Å²) in [5.41, 5.74) is 0. The molecule has 0 aromatic heterocycles. The topological polar surface area (TPSA) is 40.6 Å². The van der Waals surface area contributed by atoms with Gasteiger partial charge in [-0.1, -0.05) is 30.4 Å². The molecule has 4 rings (SSSR count). The van der Waals surface area contributed by atoms with Crippen molar-refractivity contribution in [2.24, 2.45) is 23.7 Å². The molecule has 0 N–H and O–H groups in total. The van der Waals surface area contributed by atoms with E-state index in [0.717, 1.165) is 26.1 Å². The number of piperidine rings is 1. The van der Waals surface area contributed by atoms with Gasteiger partial charge in [-0.15, -0.1) is 12.4 Å². The van der Waals surface area contributed by atoms with E-state index < -0.39 is 0 Å². The highest BCUT2D eigenvalue weighted by Gasteiger charge is 2.58. The van der Waals surface area contributed by atoms with Crippen molar-refractivity contribution >= 4 is 24.2 Å². The molecule has 5 heteroatoms. The van der Waals surface area contributed by atoms with Crippen LogP contribution in [0.25, 0.3) is 0 Å². The van der Waals surface area contributed by atoms with E-state index in [4.69, 9.17) is 0 Å². The number of rotatable bonds is 2. The Kier molecular flexibility index (Phi) is 4.79. The van der Waals surface area contributed by atoms with E-state index in [9.17, 15) is 9.59 Å². The molecule has 1 saturated carbocycles. The fraction of sp³-hybridized carbons (Fsp3) is 0.667. The molecule has 0 aromatic carbocycles. The number of hydrogen-bond acceptors (Lipinski definition) is 3. The van der Waals surface area contributed by atoms with Crippen LogP contribution in [-0.2, 0) is 9.59 Å². The third kappa shape index (κ3) is 2.81. The molecule has 124 valence electrons. The zero-order chi connectivity index (χ0) is 15.1. The van der Waals surface area contributed by atoms with Gasteiger partial charge in [0.2, 0.25) is 11.8 Å². The van der Waals surface area contributed by atoms with E-state index in [1.54, 1.807) is 0 Å². The number of halogens is 1. The summed E-state index contributed by atoms with van der Waals surface area (Å²) >= 11 is 0. The second kappa shape index (κ2) is 6.67. The highest BCUT2D eigenvalue weighted by molar-refractivity contribution is 6.06. The van der Waals surface area contributed by atoms with Crippen LogP contribution in [0.15, 0.2) is 12.2 Å². The van der Waals surface area contributed by atoms with Crippen LogP contribution in [0.5, 0.6) is 0 Å². The number of imide groups is 1. The van der Waals surface area contributed by atoms with Gasteiger partial charge in [-0.3, -0.25) is 19.4 Å². The Hall–Kier alpha value is -1.31. The van der Waals surface area contributed by atoms with Crippen LogP contribution in [0.4, 0.5) is 0 Å². The smallest absolute Gasteiger partial charge is 0.234 e. The molecule has 4 aliphatic rings. The maximum atomic E-state index is 12.5. The van der Waals surface area contributed by atoms with Crippen molar-refractivity contribution < 1.29 is 9.59 Å². The maximum Gasteiger partial charge on any atom is 0.234 e. The van der Waals surface area contributed by atoms with Crippen LogP contribution >= 0.6 is 12.4 Å². The highest BCUT2D eigenvalue weighted by Crippen LogP contribution is 2.52. The van der Waals surface area contributed by atoms with Gasteiger partial charge in [0, 0.05) is 0 Å². The summed E-state index contributed by atoms with van der Waals surface area (Å²) in [5.74, 6) is 6.61. The molecule has 3 fully saturated rings. The van der Waals surface area contributed by atoms with E-state index in [2.05, 4.69) is 28.9 Å². The van der Waals surface area contributed by atoms with Crippen molar-refractivity contribution in [3.05, 3.63) is 12.2 Å². The summed E-state index contributed by atoms with van der Waals surface area (Å²) in [5, 5.41) is 0. The Labute approximate surface area is 143 Å². The van der Waals surface area contributed by atoms with Gasteiger partial charge in [0.1, 0.15) is 0 Å². The first-order chi connectivity index (χ1) is 10.8. The van der Waals surface area contributed by atoms with Gasteiger partial charge in [0.05, 0.1) is 24.9 Å². The molecule has 2 saturated heterocycles. The number of fused-ring (bicyclic) bond motifs is 5. The number of carbonyl (C=O) groups excluding carboxylic acids is 2. The zero-order valence-corrected chi connectivity index (χ0v) is 14.1. The van der Waals surface area contributed by atoms with Gasteiger partial charge in [-0.25, -0.2) is 0 Å². The van der Waals surface area contributed by atoms with Crippen LogP contribution in [0, 0.1) is 35.5 Å². The lowest BCUT2D eigenvalue weighted by Gasteiger charge is -2.23. The average molecular weight is 335 g/mol. The lowest BCUT2D eigenvalue weighted by Crippen LogP contribution is -2.33. The predicted octanol–water partition coefficient (Wildman–Crippen LogP) is 1.70. The second-order valence-electron chi connectivity index (χ2n) is 6.95. The van der Waals surface area contributed by atoms with Crippen molar-refractivity contribution in [3.8, 4) is 11.8 Å². The predicted molar refractivity (Wildman–Crippen MR) is 89.8 cm³/mol. The van der Waals surface area contributed by atoms with Crippen LogP contribution < -0.4 is 0 Å². The normalized spacial score (nSPS) is 35.0. The molecule has 2 amide bonds. The van der Waals surface area contributed by atoms with E-state index in [1.807, 2.05) is 0 Å². The Balaban J connectivity index is 0.00000156. The molecule has 23 heavy (non-hydrogen) atoms. The van der Waals surface area contributed by atoms with Crippen LogP contribution in [-0.4, -0.2) is 47.8 Å². The minimum atomic E-state index is -0.0913. The number of amides is 2. The van der Waals surface area contributed by atoms with Crippen molar-refractivity contribution in [3.63, 3.8) is 0 Å². The molecule has 2 aliphatic heterocycles. The monoisotopic (exact) mass is 334 g/mol. The standard InChI is InChI=1S/C18H22N2O2.ClH/c21-17-15-13-6-7-14(12-13)16(15)18(22)20(17)11-5-4-10-19-8-2-1-3-9-19;/h6-7,13-16H,1-3,8-12H2;1H. The van der Waals surface area contributed by atoms with Crippen molar-refractivity contribution in [2.75, 3.05) is 26.2 Å². The number of likely N-dealkylation sites (tertiary alicyclic amines) is 2. The molecule has 0 spiro atoms. The third-order valence-electron chi connectivity index (χ3n) is 5.68. The lowest BCUT2D eigenvalue weighted by atomic mass is 9.85. The molecule has 4 atom stereocenters. The van der Waals surface area contributed by atoms with Crippen LogP contribution in [0.2, 0.25) is 0 Å².